The van der Waals surface area contributed by atoms with E-state index in [4.69, 9.17) is 17.0 Å². The van der Waals surface area contributed by atoms with Crippen LogP contribution in [-0.2, 0) is 6.61 Å². The lowest BCUT2D eigenvalue weighted by Crippen LogP contribution is -2.01. The molecule has 0 radical (unpaired) electrons. The largest absolute Gasteiger partial charge is 0.489 e. The highest BCUT2D eigenvalue weighted by molar-refractivity contribution is 7.80. The summed E-state index contributed by atoms with van der Waals surface area (Å²) < 4.78 is 6.04. The molecule has 0 heterocycles. The molecule has 0 aromatic heterocycles. The molecule has 0 spiro atoms. The SMILES string of the molecule is CC(=S)c1c(C)cc2cc(OCc3ccccc3)ccc2c1-c1ccccc1. The van der Waals surface area contributed by atoms with Crippen molar-refractivity contribution in [2.45, 2.75) is 20.5 Å². The fraction of sp³-hybridized carbons (Fsp3) is 0.115. The van der Waals surface area contributed by atoms with Crippen molar-refractivity contribution < 1.29 is 4.74 Å². The molecule has 0 aliphatic heterocycles. The van der Waals surface area contributed by atoms with E-state index in [0.717, 1.165) is 21.7 Å². The normalized spacial score (nSPS) is 10.8. The van der Waals surface area contributed by atoms with Crippen LogP contribution in [0.25, 0.3) is 21.9 Å². The number of ether oxygens (including phenoxy) is 1. The molecule has 0 unspecified atom stereocenters. The van der Waals surface area contributed by atoms with E-state index in [2.05, 4.69) is 67.6 Å². The van der Waals surface area contributed by atoms with Gasteiger partial charge in [-0.25, -0.2) is 0 Å². The van der Waals surface area contributed by atoms with Crippen LogP contribution >= 0.6 is 12.2 Å². The molecule has 0 amide bonds. The molecule has 1 nitrogen and oxygen atoms in total. The first-order valence-electron chi connectivity index (χ1n) is 9.44. The zero-order valence-corrected chi connectivity index (χ0v) is 16.9. The highest BCUT2D eigenvalue weighted by Crippen LogP contribution is 2.36. The van der Waals surface area contributed by atoms with Crippen LogP contribution in [0.15, 0.2) is 84.9 Å². The van der Waals surface area contributed by atoms with Gasteiger partial charge >= 0.3 is 0 Å². The van der Waals surface area contributed by atoms with E-state index in [-0.39, 0.29) is 0 Å². The third kappa shape index (κ3) is 3.69. The Labute approximate surface area is 171 Å². The van der Waals surface area contributed by atoms with Gasteiger partial charge in [0.2, 0.25) is 0 Å². The summed E-state index contributed by atoms with van der Waals surface area (Å²) in [7, 11) is 0. The van der Waals surface area contributed by atoms with Crippen molar-refractivity contribution in [3.05, 3.63) is 102 Å². The van der Waals surface area contributed by atoms with Crippen LogP contribution < -0.4 is 4.74 Å². The lowest BCUT2D eigenvalue weighted by Gasteiger charge is -2.17. The standard InChI is InChI=1S/C26H22OS/c1-18-15-22-16-23(27-17-20-9-5-3-6-10-20)13-14-24(22)26(25(18)19(2)28)21-11-7-4-8-12-21/h3-16H,17H2,1-2H3. The van der Waals surface area contributed by atoms with E-state index in [9.17, 15) is 0 Å². The van der Waals surface area contributed by atoms with Crippen LogP contribution in [-0.4, -0.2) is 4.86 Å². The second-order valence-corrected chi connectivity index (χ2v) is 7.64. The maximum absolute atomic E-state index is 6.04. The number of hydrogen-bond acceptors (Lipinski definition) is 2. The number of thiocarbonyl (C=S) groups is 1. The summed E-state index contributed by atoms with van der Waals surface area (Å²) >= 11 is 5.60. The summed E-state index contributed by atoms with van der Waals surface area (Å²) in [6.45, 7) is 4.70. The van der Waals surface area contributed by atoms with Crippen molar-refractivity contribution >= 4 is 27.9 Å². The molecule has 0 N–H and O–H groups in total. The van der Waals surface area contributed by atoms with Gasteiger partial charge in [0.25, 0.3) is 0 Å². The minimum Gasteiger partial charge on any atom is -0.489 e. The Balaban J connectivity index is 1.80. The fourth-order valence-electron chi connectivity index (χ4n) is 3.71. The molecular formula is C26H22OS. The Morgan fingerprint density at radius 1 is 0.857 bits per heavy atom. The van der Waals surface area contributed by atoms with E-state index >= 15 is 0 Å². The molecule has 0 aliphatic carbocycles. The molecule has 0 saturated carbocycles. The second-order valence-electron chi connectivity index (χ2n) is 7.02. The summed E-state index contributed by atoms with van der Waals surface area (Å²) in [5.74, 6) is 0.876. The molecule has 4 rings (SSSR count). The van der Waals surface area contributed by atoms with Crippen molar-refractivity contribution in [3.63, 3.8) is 0 Å². The zero-order valence-electron chi connectivity index (χ0n) is 16.1. The van der Waals surface area contributed by atoms with Gasteiger partial charge in [-0.2, -0.15) is 0 Å². The van der Waals surface area contributed by atoms with E-state index < -0.39 is 0 Å². The quantitative estimate of drug-likeness (QED) is 0.268. The number of aryl methyl sites for hydroxylation is 1. The first-order chi connectivity index (χ1) is 13.6. The smallest absolute Gasteiger partial charge is 0.120 e. The lowest BCUT2D eigenvalue weighted by molar-refractivity contribution is 0.306. The van der Waals surface area contributed by atoms with Crippen LogP contribution in [0.3, 0.4) is 0 Å². The van der Waals surface area contributed by atoms with Gasteiger partial charge in [-0.1, -0.05) is 85.0 Å². The molecule has 2 heteroatoms. The molecule has 0 fully saturated rings. The van der Waals surface area contributed by atoms with Crippen molar-refractivity contribution in [2.24, 2.45) is 0 Å². The molecule has 4 aromatic rings. The van der Waals surface area contributed by atoms with Crippen LogP contribution in [0.1, 0.15) is 23.6 Å². The first kappa shape index (κ1) is 18.4. The summed E-state index contributed by atoms with van der Waals surface area (Å²) in [6.07, 6.45) is 0. The molecule has 0 bridgehead atoms. The van der Waals surface area contributed by atoms with Gasteiger partial charge in [0.05, 0.1) is 0 Å². The zero-order chi connectivity index (χ0) is 19.5. The number of rotatable bonds is 5. The van der Waals surface area contributed by atoms with Crippen LogP contribution in [0.5, 0.6) is 5.75 Å². The summed E-state index contributed by atoms with van der Waals surface area (Å²) in [6, 6.07) is 29.3. The van der Waals surface area contributed by atoms with Crippen LogP contribution in [0.2, 0.25) is 0 Å². The van der Waals surface area contributed by atoms with Gasteiger partial charge in [0.1, 0.15) is 12.4 Å². The predicted molar refractivity (Wildman–Crippen MR) is 122 cm³/mol. The first-order valence-corrected chi connectivity index (χ1v) is 9.85. The molecule has 0 saturated heterocycles. The van der Waals surface area contributed by atoms with E-state index in [0.29, 0.717) is 6.61 Å². The van der Waals surface area contributed by atoms with Crippen LogP contribution in [0, 0.1) is 6.92 Å². The molecule has 4 aromatic carbocycles. The highest BCUT2D eigenvalue weighted by atomic mass is 32.1. The number of fused-ring (bicyclic) bond motifs is 1. The molecule has 0 aliphatic rings. The molecule has 28 heavy (non-hydrogen) atoms. The lowest BCUT2D eigenvalue weighted by atomic mass is 9.89. The van der Waals surface area contributed by atoms with E-state index in [1.54, 1.807) is 0 Å². The highest BCUT2D eigenvalue weighted by Gasteiger charge is 2.15. The Hall–Kier alpha value is -2.97. The number of benzene rings is 4. The third-order valence-electron chi connectivity index (χ3n) is 4.97. The minimum absolute atomic E-state index is 0.563. The Morgan fingerprint density at radius 2 is 1.54 bits per heavy atom. The van der Waals surface area contributed by atoms with Gasteiger partial charge < -0.3 is 4.74 Å². The maximum Gasteiger partial charge on any atom is 0.120 e. The van der Waals surface area contributed by atoms with Gasteiger partial charge in [-0.3, -0.25) is 0 Å². The van der Waals surface area contributed by atoms with Gasteiger partial charge in [-0.15, -0.1) is 0 Å². The van der Waals surface area contributed by atoms with Crippen molar-refractivity contribution in [2.75, 3.05) is 0 Å². The Bertz CT molecular complexity index is 1130. The maximum atomic E-state index is 6.04. The average molecular weight is 383 g/mol. The van der Waals surface area contributed by atoms with Crippen molar-refractivity contribution in [1.29, 1.82) is 0 Å². The molecular weight excluding hydrogens is 360 g/mol. The molecule has 0 atom stereocenters. The minimum atomic E-state index is 0.563. The average Bonchev–Trinajstić information content (AvgIpc) is 2.72. The molecule has 138 valence electrons. The Morgan fingerprint density at radius 3 is 2.21 bits per heavy atom. The van der Waals surface area contributed by atoms with Gasteiger partial charge in [0.15, 0.2) is 0 Å². The Kier molecular flexibility index (Phi) is 5.23. The second kappa shape index (κ2) is 7.95. The van der Waals surface area contributed by atoms with Gasteiger partial charge in [0, 0.05) is 4.86 Å². The summed E-state index contributed by atoms with van der Waals surface area (Å²) in [5.41, 5.74) is 5.91. The van der Waals surface area contributed by atoms with Crippen molar-refractivity contribution in [1.82, 2.24) is 0 Å². The van der Waals surface area contributed by atoms with Gasteiger partial charge in [-0.05, 0) is 64.6 Å². The summed E-state index contributed by atoms with van der Waals surface area (Å²) in [5, 5.41) is 2.37. The monoisotopic (exact) mass is 382 g/mol. The number of hydrogen-bond donors (Lipinski definition) is 0. The van der Waals surface area contributed by atoms with E-state index in [1.165, 1.54) is 27.5 Å². The third-order valence-corrected chi connectivity index (χ3v) is 5.18. The topological polar surface area (TPSA) is 9.23 Å². The summed E-state index contributed by atoms with van der Waals surface area (Å²) in [4.78, 5) is 0.919. The fourth-order valence-corrected chi connectivity index (χ4v) is 3.98. The van der Waals surface area contributed by atoms with E-state index in [1.807, 2.05) is 31.2 Å². The predicted octanol–water partition coefficient (Wildman–Crippen LogP) is 7.13. The van der Waals surface area contributed by atoms with Crippen LogP contribution in [0.4, 0.5) is 0 Å². The van der Waals surface area contributed by atoms with Crippen molar-refractivity contribution in [3.8, 4) is 16.9 Å².